The molecule has 2 amide bonds. The molecular formula is C19H17ClF3N3O4. The molecule has 1 aromatic heterocycles. The van der Waals surface area contributed by atoms with Crippen LogP contribution < -0.4 is 15.8 Å². The lowest BCUT2D eigenvalue weighted by atomic mass is 9.90. The third-order valence-electron chi connectivity index (χ3n) is 4.47. The van der Waals surface area contributed by atoms with E-state index in [2.05, 4.69) is 15.0 Å². The number of pyridine rings is 1. The maximum atomic E-state index is 12.8. The van der Waals surface area contributed by atoms with Crippen molar-refractivity contribution >= 4 is 29.1 Å². The average molecular weight is 444 g/mol. The van der Waals surface area contributed by atoms with Crippen molar-refractivity contribution in [3.63, 3.8) is 0 Å². The molecule has 1 aromatic carbocycles. The SMILES string of the molecule is C[C@@H]1C[C@@H](c2ccc(OC(F)(F)F)cc2Cl)[C@H](C(=O)Nc2ccnc(C(N)=O)c2)O1. The van der Waals surface area contributed by atoms with Gasteiger partial charge < -0.3 is 20.5 Å². The molecular weight excluding hydrogens is 427 g/mol. The fraction of sp³-hybridized carbons (Fsp3) is 0.316. The monoisotopic (exact) mass is 443 g/mol. The number of carbonyl (C=O) groups excluding carboxylic acids is 2. The second kappa shape index (κ2) is 8.49. The van der Waals surface area contributed by atoms with E-state index in [1.165, 1.54) is 24.4 Å². The highest BCUT2D eigenvalue weighted by Crippen LogP contribution is 2.40. The number of hydrogen-bond acceptors (Lipinski definition) is 5. The number of nitrogens with two attached hydrogens (primary N) is 1. The first-order valence-electron chi connectivity index (χ1n) is 8.81. The number of ether oxygens (including phenoxy) is 2. The summed E-state index contributed by atoms with van der Waals surface area (Å²) in [5.41, 5.74) is 5.92. The first-order chi connectivity index (χ1) is 14.0. The molecule has 3 rings (SSSR count). The molecule has 1 aliphatic rings. The number of rotatable bonds is 5. The van der Waals surface area contributed by atoms with Crippen LogP contribution in [0.4, 0.5) is 18.9 Å². The van der Waals surface area contributed by atoms with Gasteiger partial charge in [-0.3, -0.25) is 14.6 Å². The smallest absolute Gasteiger partial charge is 0.406 e. The zero-order valence-corrected chi connectivity index (χ0v) is 16.3. The largest absolute Gasteiger partial charge is 0.573 e. The van der Waals surface area contributed by atoms with E-state index in [0.717, 1.165) is 12.1 Å². The standard InChI is InChI=1S/C19H17ClF3N3O4/c1-9-6-13(12-3-2-11(8-14(12)20)30-19(21,22)23)16(29-9)18(28)26-10-4-5-25-15(7-10)17(24)27/h2-5,7-9,13,16H,6H2,1H3,(H2,24,27)(H,25,26,28)/t9-,13+,16-/m1/s1. The molecule has 0 unspecified atom stereocenters. The molecule has 1 saturated heterocycles. The number of aromatic nitrogens is 1. The number of alkyl halides is 3. The van der Waals surface area contributed by atoms with Gasteiger partial charge in [-0.25, -0.2) is 0 Å². The number of benzene rings is 1. The molecule has 11 heteroatoms. The molecule has 1 aliphatic heterocycles. The molecule has 0 radical (unpaired) electrons. The minimum absolute atomic E-state index is 0.0200. The molecule has 1 fully saturated rings. The van der Waals surface area contributed by atoms with Gasteiger partial charge in [0.1, 0.15) is 17.5 Å². The number of anilines is 1. The van der Waals surface area contributed by atoms with Crippen LogP contribution in [-0.4, -0.2) is 35.4 Å². The summed E-state index contributed by atoms with van der Waals surface area (Å²) in [6, 6.07) is 6.37. The lowest BCUT2D eigenvalue weighted by Gasteiger charge is -2.20. The molecule has 0 spiro atoms. The van der Waals surface area contributed by atoms with Crippen LogP contribution in [0.15, 0.2) is 36.5 Å². The van der Waals surface area contributed by atoms with Crippen molar-refractivity contribution in [1.29, 1.82) is 0 Å². The Labute approximate surface area is 174 Å². The number of nitrogens with one attached hydrogen (secondary N) is 1. The molecule has 3 atom stereocenters. The van der Waals surface area contributed by atoms with Gasteiger partial charge in [0.15, 0.2) is 0 Å². The van der Waals surface area contributed by atoms with E-state index in [1.807, 2.05) is 0 Å². The summed E-state index contributed by atoms with van der Waals surface area (Å²) in [7, 11) is 0. The fourth-order valence-electron chi connectivity index (χ4n) is 3.28. The Morgan fingerprint density at radius 2 is 2.03 bits per heavy atom. The maximum Gasteiger partial charge on any atom is 0.573 e. The quantitative estimate of drug-likeness (QED) is 0.734. The normalized spacial score (nSPS) is 21.3. The molecule has 30 heavy (non-hydrogen) atoms. The van der Waals surface area contributed by atoms with Crippen molar-refractivity contribution in [3.8, 4) is 5.75 Å². The van der Waals surface area contributed by atoms with Crippen LogP contribution in [0.25, 0.3) is 0 Å². The summed E-state index contributed by atoms with van der Waals surface area (Å²) in [5, 5.41) is 2.66. The summed E-state index contributed by atoms with van der Waals surface area (Å²) in [5.74, 6) is -2.20. The van der Waals surface area contributed by atoms with Gasteiger partial charge in [-0.1, -0.05) is 17.7 Å². The van der Waals surface area contributed by atoms with Gasteiger partial charge in [0, 0.05) is 22.8 Å². The van der Waals surface area contributed by atoms with Crippen LogP contribution in [0.3, 0.4) is 0 Å². The van der Waals surface area contributed by atoms with Gasteiger partial charge in [-0.15, -0.1) is 13.2 Å². The summed E-state index contributed by atoms with van der Waals surface area (Å²) < 4.78 is 46.8. The number of nitrogens with zero attached hydrogens (tertiary/aromatic N) is 1. The fourth-order valence-corrected chi connectivity index (χ4v) is 3.59. The molecule has 2 heterocycles. The number of carbonyl (C=O) groups is 2. The lowest BCUT2D eigenvalue weighted by Crippen LogP contribution is -2.32. The van der Waals surface area contributed by atoms with E-state index in [1.54, 1.807) is 6.92 Å². The van der Waals surface area contributed by atoms with Gasteiger partial charge >= 0.3 is 6.36 Å². The Morgan fingerprint density at radius 3 is 2.67 bits per heavy atom. The third kappa shape index (κ3) is 5.19. The van der Waals surface area contributed by atoms with Crippen LogP contribution in [-0.2, 0) is 9.53 Å². The van der Waals surface area contributed by atoms with Crippen LogP contribution in [0.5, 0.6) is 5.75 Å². The Balaban J connectivity index is 1.81. The first-order valence-corrected chi connectivity index (χ1v) is 9.18. The predicted octanol–water partition coefficient (Wildman–Crippen LogP) is 3.63. The number of halogens is 4. The van der Waals surface area contributed by atoms with Crippen LogP contribution in [0, 0.1) is 0 Å². The molecule has 2 aromatic rings. The van der Waals surface area contributed by atoms with Crippen LogP contribution >= 0.6 is 11.6 Å². The second-order valence-electron chi connectivity index (χ2n) is 6.72. The van der Waals surface area contributed by atoms with Crippen molar-refractivity contribution in [1.82, 2.24) is 4.98 Å². The van der Waals surface area contributed by atoms with E-state index < -0.39 is 35.9 Å². The third-order valence-corrected chi connectivity index (χ3v) is 4.80. The van der Waals surface area contributed by atoms with Gasteiger partial charge in [0.2, 0.25) is 0 Å². The molecule has 7 nitrogen and oxygen atoms in total. The summed E-state index contributed by atoms with van der Waals surface area (Å²) >= 11 is 6.18. The number of amides is 2. The van der Waals surface area contributed by atoms with E-state index in [4.69, 9.17) is 22.1 Å². The summed E-state index contributed by atoms with van der Waals surface area (Å²) in [4.78, 5) is 27.9. The summed E-state index contributed by atoms with van der Waals surface area (Å²) in [6.45, 7) is 1.77. The van der Waals surface area contributed by atoms with Crippen molar-refractivity contribution < 1.29 is 32.2 Å². The van der Waals surface area contributed by atoms with Gasteiger partial charge in [0.25, 0.3) is 11.8 Å². The van der Waals surface area contributed by atoms with E-state index >= 15 is 0 Å². The Bertz CT molecular complexity index is 970. The Kier molecular flexibility index (Phi) is 6.18. The Hall–Kier alpha value is -2.85. The van der Waals surface area contributed by atoms with Gasteiger partial charge in [-0.2, -0.15) is 0 Å². The first kappa shape index (κ1) is 21.8. The zero-order valence-electron chi connectivity index (χ0n) is 15.6. The van der Waals surface area contributed by atoms with Crippen LogP contribution in [0.2, 0.25) is 5.02 Å². The van der Waals surface area contributed by atoms with Crippen molar-refractivity contribution in [2.45, 2.75) is 37.8 Å². The maximum absolute atomic E-state index is 12.8. The van der Waals surface area contributed by atoms with E-state index in [9.17, 15) is 22.8 Å². The molecule has 0 aliphatic carbocycles. The average Bonchev–Trinajstić information content (AvgIpc) is 3.02. The van der Waals surface area contributed by atoms with Gasteiger partial charge in [-0.05, 0) is 43.2 Å². The minimum Gasteiger partial charge on any atom is -0.406 e. The van der Waals surface area contributed by atoms with Gasteiger partial charge in [0.05, 0.1) is 6.10 Å². The van der Waals surface area contributed by atoms with Crippen molar-refractivity contribution in [3.05, 3.63) is 52.8 Å². The lowest BCUT2D eigenvalue weighted by molar-refractivity contribution is -0.274. The number of hydrogen-bond donors (Lipinski definition) is 2. The molecule has 0 bridgehead atoms. The Morgan fingerprint density at radius 1 is 1.30 bits per heavy atom. The van der Waals surface area contributed by atoms with Crippen LogP contribution in [0.1, 0.15) is 35.3 Å². The molecule has 3 N–H and O–H groups in total. The minimum atomic E-state index is -4.84. The van der Waals surface area contributed by atoms with Crippen molar-refractivity contribution in [2.24, 2.45) is 5.73 Å². The van der Waals surface area contributed by atoms with Crippen molar-refractivity contribution in [2.75, 3.05) is 5.32 Å². The van der Waals surface area contributed by atoms with E-state index in [-0.39, 0.29) is 16.8 Å². The number of primary amides is 1. The highest BCUT2D eigenvalue weighted by Gasteiger charge is 2.40. The topological polar surface area (TPSA) is 104 Å². The zero-order chi connectivity index (χ0) is 22.1. The predicted molar refractivity (Wildman–Crippen MR) is 101 cm³/mol. The molecule has 160 valence electrons. The summed E-state index contributed by atoms with van der Waals surface area (Å²) in [6.07, 6.45) is -4.32. The highest BCUT2D eigenvalue weighted by molar-refractivity contribution is 6.31. The van der Waals surface area contributed by atoms with E-state index in [0.29, 0.717) is 17.7 Å². The highest BCUT2D eigenvalue weighted by atomic mass is 35.5. The molecule has 0 saturated carbocycles. The second-order valence-corrected chi connectivity index (χ2v) is 7.13.